The maximum atomic E-state index is 13.2. The first-order valence-electron chi connectivity index (χ1n) is 7.92. The van der Waals surface area contributed by atoms with Crippen LogP contribution in [0.25, 0.3) is 33.4 Å². The molecule has 4 aromatic rings. The summed E-state index contributed by atoms with van der Waals surface area (Å²) in [5.41, 5.74) is 4.12. The number of hydrogen-bond acceptors (Lipinski definition) is 2. The van der Waals surface area contributed by atoms with Crippen LogP contribution in [-0.2, 0) is 0 Å². The molecule has 0 saturated heterocycles. The number of benzene rings is 3. The molecular formula is C22H16O2. The summed E-state index contributed by atoms with van der Waals surface area (Å²) in [7, 11) is 0. The summed E-state index contributed by atoms with van der Waals surface area (Å²) in [5, 5.41) is 0.605. The highest BCUT2D eigenvalue weighted by Crippen LogP contribution is 2.32. The van der Waals surface area contributed by atoms with Gasteiger partial charge >= 0.3 is 0 Å². The highest BCUT2D eigenvalue weighted by molar-refractivity contribution is 5.89. The van der Waals surface area contributed by atoms with Gasteiger partial charge in [0.25, 0.3) is 0 Å². The average molecular weight is 312 g/mol. The Morgan fingerprint density at radius 2 is 1.46 bits per heavy atom. The molecule has 0 fully saturated rings. The average Bonchev–Trinajstić information content (AvgIpc) is 2.62. The Kier molecular flexibility index (Phi) is 3.51. The summed E-state index contributed by atoms with van der Waals surface area (Å²) in [5.74, 6) is 0.616. The molecule has 0 radical (unpaired) electrons. The fourth-order valence-electron chi connectivity index (χ4n) is 3.00. The van der Waals surface area contributed by atoms with Crippen molar-refractivity contribution in [3.63, 3.8) is 0 Å². The minimum Gasteiger partial charge on any atom is -0.455 e. The van der Waals surface area contributed by atoms with Gasteiger partial charge < -0.3 is 4.42 Å². The molecule has 24 heavy (non-hydrogen) atoms. The fraction of sp³-hybridized carbons (Fsp3) is 0.0455. The zero-order valence-electron chi connectivity index (χ0n) is 13.3. The maximum absolute atomic E-state index is 13.2. The quantitative estimate of drug-likeness (QED) is 0.493. The lowest BCUT2D eigenvalue weighted by atomic mass is 9.97. The van der Waals surface area contributed by atoms with Gasteiger partial charge in [0.15, 0.2) is 0 Å². The molecule has 0 saturated carbocycles. The minimum absolute atomic E-state index is 0.00121. The van der Waals surface area contributed by atoms with Crippen LogP contribution < -0.4 is 5.43 Å². The first-order chi connectivity index (χ1) is 11.7. The molecule has 2 nitrogen and oxygen atoms in total. The third-order valence-electron chi connectivity index (χ3n) is 4.14. The molecule has 1 aromatic heterocycles. The molecule has 2 heteroatoms. The Hall–Kier alpha value is -3.13. The van der Waals surface area contributed by atoms with Crippen molar-refractivity contribution in [2.24, 2.45) is 0 Å². The largest absolute Gasteiger partial charge is 0.455 e. The van der Waals surface area contributed by atoms with Gasteiger partial charge in [-0.25, -0.2) is 0 Å². The van der Waals surface area contributed by atoms with Gasteiger partial charge in [-0.1, -0.05) is 72.3 Å². The first kappa shape index (κ1) is 14.5. The van der Waals surface area contributed by atoms with E-state index in [-0.39, 0.29) is 5.43 Å². The standard InChI is InChI=1S/C22H16O2/c1-15-8-7-11-17(14-15)20-21(23)18-12-5-6-13-19(18)24-22(20)16-9-3-2-4-10-16/h2-14H,1H3. The summed E-state index contributed by atoms with van der Waals surface area (Å²) in [4.78, 5) is 13.2. The lowest BCUT2D eigenvalue weighted by Gasteiger charge is -2.11. The van der Waals surface area contributed by atoms with Crippen molar-refractivity contribution in [2.75, 3.05) is 0 Å². The van der Waals surface area contributed by atoms with Gasteiger partial charge in [0.05, 0.1) is 10.9 Å². The fourth-order valence-corrected chi connectivity index (χ4v) is 3.00. The van der Waals surface area contributed by atoms with Gasteiger partial charge in [-0.3, -0.25) is 4.79 Å². The van der Waals surface area contributed by atoms with E-state index in [1.807, 2.05) is 85.8 Å². The zero-order chi connectivity index (χ0) is 16.5. The second kappa shape index (κ2) is 5.82. The second-order valence-electron chi connectivity index (χ2n) is 5.87. The van der Waals surface area contributed by atoms with E-state index in [2.05, 4.69) is 0 Å². The molecule has 0 spiro atoms. The van der Waals surface area contributed by atoms with Crippen molar-refractivity contribution < 1.29 is 4.42 Å². The van der Waals surface area contributed by atoms with Gasteiger partial charge in [0, 0.05) is 5.56 Å². The molecular weight excluding hydrogens is 296 g/mol. The molecule has 0 aliphatic heterocycles. The highest BCUT2D eigenvalue weighted by Gasteiger charge is 2.17. The monoisotopic (exact) mass is 312 g/mol. The van der Waals surface area contributed by atoms with E-state index in [4.69, 9.17) is 4.42 Å². The molecule has 116 valence electrons. The van der Waals surface area contributed by atoms with E-state index in [0.717, 1.165) is 16.7 Å². The molecule has 4 rings (SSSR count). The summed E-state index contributed by atoms with van der Waals surface area (Å²) in [6.45, 7) is 2.02. The topological polar surface area (TPSA) is 30.2 Å². The van der Waals surface area contributed by atoms with Crippen LogP contribution >= 0.6 is 0 Å². The van der Waals surface area contributed by atoms with Crippen molar-refractivity contribution in [3.8, 4) is 22.5 Å². The Morgan fingerprint density at radius 1 is 0.750 bits per heavy atom. The molecule has 0 amide bonds. The van der Waals surface area contributed by atoms with Crippen molar-refractivity contribution >= 4 is 11.0 Å². The molecule has 0 N–H and O–H groups in total. The van der Waals surface area contributed by atoms with Gasteiger partial charge in [0.2, 0.25) is 5.43 Å². The SMILES string of the molecule is Cc1cccc(-c2c(-c3ccccc3)oc3ccccc3c2=O)c1. The molecule has 0 unspecified atom stereocenters. The van der Waals surface area contributed by atoms with E-state index in [1.165, 1.54) is 0 Å². The first-order valence-corrected chi connectivity index (χ1v) is 7.92. The van der Waals surface area contributed by atoms with E-state index in [9.17, 15) is 4.79 Å². The van der Waals surface area contributed by atoms with Crippen molar-refractivity contribution in [1.29, 1.82) is 0 Å². The third kappa shape index (κ3) is 2.42. The van der Waals surface area contributed by atoms with Crippen LogP contribution in [0.5, 0.6) is 0 Å². The third-order valence-corrected chi connectivity index (χ3v) is 4.14. The Labute approximate surface area is 140 Å². The van der Waals surface area contributed by atoms with Crippen molar-refractivity contribution in [3.05, 3.63) is 94.6 Å². The van der Waals surface area contributed by atoms with Crippen LogP contribution in [0.2, 0.25) is 0 Å². The molecule has 0 aliphatic rings. The van der Waals surface area contributed by atoms with Crippen LogP contribution in [0.4, 0.5) is 0 Å². The Balaban J connectivity index is 2.13. The summed E-state index contributed by atoms with van der Waals surface area (Å²) in [6, 6.07) is 25.1. The summed E-state index contributed by atoms with van der Waals surface area (Å²) >= 11 is 0. The normalized spacial score (nSPS) is 10.9. The summed E-state index contributed by atoms with van der Waals surface area (Å²) < 4.78 is 6.15. The number of hydrogen-bond donors (Lipinski definition) is 0. The van der Waals surface area contributed by atoms with Crippen LogP contribution in [0.1, 0.15) is 5.56 Å². The Morgan fingerprint density at radius 3 is 2.25 bits per heavy atom. The van der Waals surface area contributed by atoms with Gasteiger partial charge in [-0.15, -0.1) is 0 Å². The number of para-hydroxylation sites is 1. The predicted molar refractivity (Wildman–Crippen MR) is 98.1 cm³/mol. The van der Waals surface area contributed by atoms with E-state index in [1.54, 1.807) is 0 Å². The minimum atomic E-state index is 0.00121. The van der Waals surface area contributed by atoms with Crippen LogP contribution in [0.3, 0.4) is 0 Å². The van der Waals surface area contributed by atoms with Crippen LogP contribution in [-0.4, -0.2) is 0 Å². The van der Waals surface area contributed by atoms with E-state index >= 15 is 0 Å². The smallest absolute Gasteiger partial charge is 0.201 e. The van der Waals surface area contributed by atoms with Gasteiger partial charge in [0.1, 0.15) is 11.3 Å². The maximum Gasteiger partial charge on any atom is 0.201 e. The predicted octanol–water partition coefficient (Wildman–Crippen LogP) is 5.44. The van der Waals surface area contributed by atoms with E-state index in [0.29, 0.717) is 22.3 Å². The zero-order valence-corrected chi connectivity index (χ0v) is 13.3. The number of rotatable bonds is 2. The summed E-state index contributed by atoms with van der Waals surface area (Å²) in [6.07, 6.45) is 0. The highest BCUT2D eigenvalue weighted by atomic mass is 16.3. The molecule has 0 bridgehead atoms. The molecule has 3 aromatic carbocycles. The van der Waals surface area contributed by atoms with Crippen molar-refractivity contribution in [2.45, 2.75) is 6.92 Å². The molecule has 0 aliphatic carbocycles. The van der Waals surface area contributed by atoms with Gasteiger partial charge in [-0.2, -0.15) is 0 Å². The van der Waals surface area contributed by atoms with Crippen molar-refractivity contribution in [1.82, 2.24) is 0 Å². The number of aryl methyl sites for hydroxylation is 1. The molecule has 0 atom stereocenters. The lowest BCUT2D eigenvalue weighted by molar-refractivity contribution is 0.621. The Bertz CT molecular complexity index is 1080. The van der Waals surface area contributed by atoms with Gasteiger partial charge in [-0.05, 0) is 24.6 Å². The number of fused-ring (bicyclic) bond motifs is 1. The second-order valence-corrected chi connectivity index (χ2v) is 5.87. The van der Waals surface area contributed by atoms with Crippen LogP contribution in [0.15, 0.2) is 88.1 Å². The van der Waals surface area contributed by atoms with E-state index < -0.39 is 0 Å². The lowest BCUT2D eigenvalue weighted by Crippen LogP contribution is -2.07. The molecule has 1 heterocycles. The van der Waals surface area contributed by atoms with Crippen LogP contribution in [0, 0.1) is 6.92 Å².